The van der Waals surface area contributed by atoms with E-state index in [1.165, 1.54) is 37.1 Å². The SMILES string of the molecule is C=C(CCCCC(C)(C)[NH3+])NC(CC)CSC. The largest absolute Gasteiger partial charge is 0.385 e. The summed E-state index contributed by atoms with van der Waals surface area (Å²) in [5.41, 5.74) is 5.56. The summed E-state index contributed by atoms with van der Waals surface area (Å²) in [6.45, 7) is 10.8. The molecule has 1 atom stereocenters. The first kappa shape index (κ1) is 16.9. The van der Waals surface area contributed by atoms with Crippen molar-refractivity contribution in [3.8, 4) is 0 Å². The van der Waals surface area contributed by atoms with Crippen LogP contribution >= 0.6 is 11.8 Å². The molecular weight excluding hydrogens is 228 g/mol. The Morgan fingerprint density at radius 2 is 2.06 bits per heavy atom. The van der Waals surface area contributed by atoms with Gasteiger partial charge in [-0.3, -0.25) is 0 Å². The monoisotopic (exact) mass is 259 g/mol. The zero-order chi connectivity index (χ0) is 13.3. The van der Waals surface area contributed by atoms with Gasteiger partial charge in [0.25, 0.3) is 0 Å². The quantitative estimate of drug-likeness (QED) is 0.592. The fourth-order valence-corrected chi connectivity index (χ4v) is 2.49. The standard InChI is InChI=1S/C14H30N2S/c1-6-13(11-17-5)16-12(2)9-7-8-10-14(3,4)15/h13,16H,2,6-11,15H2,1,3-5H3/p+1. The molecule has 3 heteroatoms. The molecule has 0 rings (SSSR count). The van der Waals surface area contributed by atoms with Crippen molar-refractivity contribution in [1.82, 2.24) is 5.32 Å². The highest BCUT2D eigenvalue weighted by Crippen LogP contribution is 2.12. The molecule has 0 aliphatic heterocycles. The molecule has 0 saturated carbocycles. The molecule has 0 bridgehead atoms. The highest BCUT2D eigenvalue weighted by Gasteiger charge is 2.13. The lowest BCUT2D eigenvalue weighted by Crippen LogP contribution is -2.68. The van der Waals surface area contributed by atoms with Crippen molar-refractivity contribution in [2.75, 3.05) is 12.0 Å². The van der Waals surface area contributed by atoms with Crippen LogP contribution in [0.2, 0.25) is 0 Å². The molecule has 2 nitrogen and oxygen atoms in total. The summed E-state index contributed by atoms with van der Waals surface area (Å²) >= 11 is 1.90. The van der Waals surface area contributed by atoms with E-state index in [1.807, 2.05) is 11.8 Å². The van der Waals surface area contributed by atoms with Gasteiger partial charge in [0.15, 0.2) is 0 Å². The third-order valence-electron chi connectivity index (χ3n) is 2.85. The Labute approximate surface area is 112 Å². The van der Waals surface area contributed by atoms with Crippen LogP contribution in [0.3, 0.4) is 0 Å². The van der Waals surface area contributed by atoms with Crippen molar-refractivity contribution >= 4 is 11.8 Å². The smallest absolute Gasteiger partial charge is 0.0889 e. The van der Waals surface area contributed by atoms with Gasteiger partial charge in [-0.2, -0.15) is 11.8 Å². The zero-order valence-corrected chi connectivity index (χ0v) is 13.0. The summed E-state index contributed by atoms with van der Waals surface area (Å²) in [4.78, 5) is 0. The summed E-state index contributed by atoms with van der Waals surface area (Å²) in [5, 5.41) is 3.53. The van der Waals surface area contributed by atoms with Crippen molar-refractivity contribution in [2.45, 2.75) is 64.5 Å². The number of rotatable bonds is 10. The lowest BCUT2D eigenvalue weighted by Gasteiger charge is -2.19. The van der Waals surface area contributed by atoms with Crippen LogP contribution in [0.5, 0.6) is 0 Å². The minimum atomic E-state index is 0.222. The van der Waals surface area contributed by atoms with Crippen LogP contribution in [-0.4, -0.2) is 23.6 Å². The molecule has 0 radical (unpaired) electrons. The number of hydrogen-bond acceptors (Lipinski definition) is 2. The average Bonchev–Trinajstić information content (AvgIpc) is 2.22. The highest BCUT2D eigenvalue weighted by molar-refractivity contribution is 7.98. The van der Waals surface area contributed by atoms with Crippen LogP contribution < -0.4 is 11.1 Å². The Morgan fingerprint density at radius 3 is 2.53 bits per heavy atom. The number of unbranched alkanes of at least 4 members (excludes halogenated alkanes) is 1. The first-order chi connectivity index (χ1) is 7.89. The molecular formula is C14H31N2S+. The molecule has 0 amide bonds. The van der Waals surface area contributed by atoms with Crippen LogP contribution in [-0.2, 0) is 0 Å². The lowest BCUT2D eigenvalue weighted by atomic mass is 9.98. The van der Waals surface area contributed by atoms with Gasteiger partial charge in [0.2, 0.25) is 0 Å². The number of allylic oxidation sites excluding steroid dienone is 1. The molecule has 0 saturated heterocycles. The molecule has 0 aliphatic carbocycles. The Hall–Kier alpha value is -0.150. The van der Waals surface area contributed by atoms with E-state index in [1.54, 1.807) is 0 Å². The van der Waals surface area contributed by atoms with Crippen LogP contribution in [0.4, 0.5) is 0 Å². The van der Waals surface area contributed by atoms with Gasteiger partial charge in [0.05, 0.1) is 5.54 Å². The predicted molar refractivity (Wildman–Crippen MR) is 80.2 cm³/mol. The van der Waals surface area contributed by atoms with Gasteiger partial charge >= 0.3 is 0 Å². The van der Waals surface area contributed by atoms with E-state index in [4.69, 9.17) is 0 Å². The average molecular weight is 259 g/mol. The normalized spacial score (nSPS) is 13.5. The molecule has 0 aromatic heterocycles. The van der Waals surface area contributed by atoms with Crippen LogP contribution in [0, 0.1) is 0 Å². The lowest BCUT2D eigenvalue weighted by molar-refractivity contribution is -0.467. The predicted octanol–water partition coefficient (Wildman–Crippen LogP) is 2.81. The van der Waals surface area contributed by atoms with E-state index in [2.05, 4.69) is 44.7 Å². The minimum absolute atomic E-state index is 0.222. The number of quaternary nitrogens is 1. The molecule has 0 aromatic carbocycles. The maximum absolute atomic E-state index is 4.13. The molecule has 4 N–H and O–H groups in total. The molecule has 102 valence electrons. The maximum Gasteiger partial charge on any atom is 0.0889 e. The van der Waals surface area contributed by atoms with Gasteiger partial charge in [-0.1, -0.05) is 13.5 Å². The zero-order valence-electron chi connectivity index (χ0n) is 12.1. The van der Waals surface area contributed by atoms with Gasteiger partial charge in [0, 0.05) is 23.9 Å². The molecule has 17 heavy (non-hydrogen) atoms. The van der Waals surface area contributed by atoms with Gasteiger partial charge in [0.1, 0.15) is 0 Å². The topological polar surface area (TPSA) is 39.7 Å². The van der Waals surface area contributed by atoms with Crippen molar-refractivity contribution in [3.63, 3.8) is 0 Å². The number of hydrogen-bond donors (Lipinski definition) is 2. The molecule has 0 spiro atoms. The second-order valence-corrected chi connectivity index (χ2v) is 6.59. The molecule has 0 aliphatic rings. The Kier molecular flexibility index (Phi) is 8.79. The van der Waals surface area contributed by atoms with E-state index in [-0.39, 0.29) is 5.54 Å². The van der Waals surface area contributed by atoms with Gasteiger partial charge in [-0.25, -0.2) is 0 Å². The summed E-state index contributed by atoms with van der Waals surface area (Å²) < 4.78 is 0. The Balaban J connectivity index is 3.65. The first-order valence-corrected chi connectivity index (χ1v) is 8.07. The molecule has 0 fully saturated rings. The Morgan fingerprint density at radius 1 is 1.41 bits per heavy atom. The third-order valence-corrected chi connectivity index (χ3v) is 3.59. The van der Waals surface area contributed by atoms with Crippen molar-refractivity contribution in [2.24, 2.45) is 0 Å². The highest BCUT2D eigenvalue weighted by atomic mass is 32.2. The maximum atomic E-state index is 4.13. The third kappa shape index (κ3) is 10.7. The number of nitrogens with one attached hydrogen (secondary N) is 1. The summed E-state index contributed by atoms with van der Waals surface area (Å²) in [7, 11) is 0. The van der Waals surface area contributed by atoms with Gasteiger partial charge in [-0.05, 0) is 45.8 Å². The fraction of sp³-hybridized carbons (Fsp3) is 0.857. The summed E-state index contributed by atoms with van der Waals surface area (Å²) in [6, 6.07) is 0.585. The van der Waals surface area contributed by atoms with Gasteiger partial charge < -0.3 is 11.1 Å². The second kappa shape index (κ2) is 8.87. The molecule has 1 unspecified atom stereocenters. The number of thioether (sulfide) groups is 1. The van der Waals surface area contributed by atoms with Crippen molar-refractivity contribution in [3.05, 3.63) is 12.3 Å². The Bertz CT molecular complexity index is 209. The van der Waals surface area contributed by atoms with E-state index in [0.29, 0.717) is 6.04 Å². The minimum Gasteiger partial charge on any atom is -0.385 e. The van der Waals surface area contributed by atoms with Crippen molar-refractivity contribution < 1.29 is 5.73 Å². The van der Waals surface area contributed by atoms with Crippen LogP contribution in [0.15, 0.2) is 12.3 Å². The fourth-order valence-electron chi connectivity index (χ4n) is 1.77. The van der Waals surface area contributed by atoms with E-state index < -0.39 is 0 Å². The molecule has 0 heterocycles. The summed E-state index contributed by atoms with van der Waals surface area (Å²) in [6.07, 6.45) is 8.09. The van der Waals surface area contributed by atoms with Gasteiger partial charge in [-0.15, -0.1) is 0 Å². The second-order valence-electron chi connectivity index (χ2n) is 5.68. The van der Waals surface area contributed by atoms with E-state index in [0.717, 1.165) is 6.42 Å². The van der Waals surface area contributed by atoms with Crippen molar-refractivity contribution in [1.29, 1.82) is 0 Å². The van der Waals surface area contributed by atoms with E-state index in [9.17, 15) is 0 Å². The summed E-state index contributed by atoms with van der Waals surface area (Å²) in [5.74, 6) is 1.17. The van der Waals surface area contributed by atoms with Crippen LogP contribution in [0.25, 0.3) is 0 Å². The molecule has 0 aromatic rings. The van der Waals surface area contributed by atoms with Crippen LogP contribution in [0.1, 0.15) is 52.9 Å². The van der Waals surface area contributed by atoms with E-state index >= 15 is 0 Å². The first-order valence-electron chi connectivity index (χ1n) is 6.67.